The second kappa shape index (κ2) is 4.90. The standard InChI is InChI=1S/C16H12N2O/c19-11-12-6-8-13(9-7-12)15-10-17-18-16(15)14-4-2-1-3-5-14/h1-11H,(H,17,18). The molecule has 0 spiro atoms. The van der Waals surface area contributed by atoms with Crippen molar-refractivity contribution in [1.82, 2.24) is 10.2 Å². The number of hydrogen-bond acceptors (Lipinski definition) is 2. The highest BCUT2D eigenvalue weighted by Crippen LogP contribution is 2.29. The zero-order valence-electron chi connectivity index (χ0n) is 10.2. The van der Waals surface area contributed by atoms with Gasteiger partial charge in [0.2, 0.25) is 0 Å². The number of aromatic amines is 1. The van der Waals surface area contributed by atoms with E-state index in [9.17, 15) is 4.79 Å². The second-order valence-electron chi connectivity index (χ2n) is 4.26. The summed E-state index contributed by atoms with van der Waals surface area (Å²) in [6.07, 6.45) is 2.65. The number of benzene rings is 2. The highest BCUT2D eigenvalue weighted by molar-refractivity contribution is 5.82. The second-order valence-corrected chi connectivity index (χ2v) is 4.26. The smallest absolute Gasteiger partial charge is 0.150 e. The number of hydrogen-bond donors (Lipinski definition) is 1. The largest absolute Gasteiger partial charge is 0.298 e. The molecule has 0 aliphatic carbocycles. The Kier molecular flexibility index (Phi) is 2.94. The van der Waals surface area contributed by atoms with Crippen molar-refractivity contribution >= 4 is 6.29 Å². The molecule has 3 heteroatoms. The summed E-state index contributed by atoms with van der Waals surface area (Å²) < 4.78 is 0. The van der Waals surface area contributed by atoms with Crippen molar-refractivity contribution in [3.05, 3.63) is 66.4 Å². The third-order valence-electron chi connectivity index (χ3n) is 3.06. The van der Waals surface area contributed by atoms with Gasteiger partial charge in [0.25, 0.3) is 0 Å². The van der Waals surface area contributed by atoms with E-state index in [1.165, 1.54) is 0 Å². The molecule has 1 N–H and O–H groups in total. The number of carbonyl (C=O) groups is 1. The Morgan fingerprint density at radius 3 is 2.32 bits per heavy atom. The van der Waals surface area contributed by atoms with Crippen LogP contribution in [0.5, 0.6) is 0 Å². The normalized spacial score (nSPS) is 10.3. The van der Waals surface area contributed by atoms with Gasteiger partial charge in [-0.1, -0.05) is 54.6 Å². The molecule has 0 atom stereocenters. The number of aromatic nitrogens is 2. The summed E-state index contributed by atoms with van der Waals surface area (Å²) in [5.74, 6) is 0. The van der Waals surface area contributed by atoms with Crippen LogP contribution in [0.3, 0.4) is 0 Å². The van der Waals surface area contributed by atoms with E-state index in [0.29, 0.717) is 5.56 Å². The molecule has 0 amide bonds. The predicted molar refractivity (Wildman–Crippen MR) is 74.8 cm³/mol. The summed E-state index contributed by atoms with van der Waals surface area (Å²) in [6.45, 7) is 0. The molecule has 0 radical (unpaired) electrons. The van der Waals surface area contributed by atoms with Gasteiger partial charge in [0.1, 0.15) is 6.29 Å². The van der Waals surface area contributed by atoms with Crippen molar-refractivity contribution < 1.29 is 4.79 Å². The average molecular weight is 248 g/mol. The van der Waals surface area contributed by atoms with Gasteiger partial charge in [-0.2, -0.15) is 5.10 Å². The number of H-pyrrole nitrogens is 1. The van der Waals surface area contributed by atoms with E-state index in [0.717, 1.165) is 28.7 Å². The third-order valence-corrected chi connectivity index (χ3v) is 3.06. The molecule has 2 aromatic carbocycles. The lowest BCUT2D eigenvalue weighted by Crippen LogP contribution is -1.84. The molecule has 92 valence electrons. The summed E-state index contributed by atoms with van der Waals surface area (Å²) in [7, 11) is 0. The minimum atomic E-state index is 0.675. The molecule has 1 aromatic heterocycles. The van der Waals surface area contributed by atoms with E-state index in [1.807, 2.05) is 54.6 Å². The Hall–Kier alpha value is -2.68. The van der Waals surface area contributed by atoms with E-state index in [-0.39, 0.29) is 0 Å². The van der Waals surface area contributed by atoms with Crippen LogP contribution < -0.4 is 0 Å². The number of carbonyl (C=O) groups excluding carboxylic acids is 1. The number of aldehydes is 1. The Morgan fingerprint density at radius 1 is 0.895 bits per heavy atom. The Balaban J connectivity index is 2.06. The summed E-state index contributed by atoms with van der Waals surface area (Å²) in [5, 5.41) is 7.15. The molecule has 3 nitrogen and oxygen atoms in total. The number of nitrogens with one attached hydrogen (secondary N) is 1. The van der Waals surface area contributed by atoms with Crippen LogP contribution in [0.1, 0.15) is 10.4 Å². The first-order valence-electron chi connectivity index (χ1n) is 6.03. The quantitative estimate of drug-likeness (QED) is 0.720. The van der Waals surface area contributed by atoms with Crippen LogP contribution >= 0.6 is 0 Å². The highest BCUT2D eigenvalue weighted by atomic mass is 16.1. The first-order valence-corrected chi connectivity index (χ1v) is 6.03. The Morgan fingerprint density at radius 2 is 1.63 bits per heavy atom. The van der Waals surface area contributed by atoms with E-state index >= 15 is 0 Å². The van der Waals surface area contributed by atoms with E-state index < -0.39 is 0 Å². The molecule has 1 heterocycles. The molecular weight excluding hydrogens is 236 g/mol. The van der Waals surface area contributed by atoms with Gasteiger partial charge < -0.3 is 0 Å². The summed E-state index contributed by atoms with van der Waals surface area (Å²) in [5.41, 5.74) is 4.82. The first kappa shape index (κ1) is 11.4. The van der Waals surface area contributed by atoms with Gasteiger partial charge >= 0.3 is 0 Å². The van der Waals surface area contributed by atoms with Gasteiger partial charge in [-0.15, -0.1) is 0 Å². The molecule has 3 aromatic rings. The molecule has 0 aliphatic rings. The first-order chi connectivity index (χ1) is 9.38. The Bertz CT molecular complexity index is 684. The van der Waals surface area contributed by atoms with Crippen molar-refractivity contribution in [3.8, 4) is 22.4 Å². The molecule has 0 saturated heterocycles. The molecular formula is C16H12N2O. The van der Waals surface area contributed by atoms with Crippen LogP contribution in [0, 0.1) is 0 Å². The fraction of sp³-hybridized carbons (Fsp3) is 0. The lowest BCUT2D eigenvalue weighted by atomic mass is 10.0. The molecule has 19 heavy (non-hydrogen) atoms. The maximum Gasteiger partial charge on any atom is 0.150 e. The highest BCUT2D eigenvalue weighted by Gasteiger charge is 2.09. The zero-order chi connectivity index (χ0) is 13.1. The fourth-order valence-corrected chi connectivity index (χ4v) is 2.07. The molecule has 0 bridgehead atoms. The number of nitrogens with zero attached hydrogens (tertiary/aromatic N) is 1. The average Bonchev–Trinajstić information content (AvgIpc) is 2.98. The summed E-state index contributed by atoms with van der Waals surface area (Å²) in [6, 6.07) is 17.5. The van der Waals surface area contributed by atoms with Crippen molar-refractivity contribution in [2.24, 2.45) is 0 Å². The zero-order valence-corrected chi connectivity index (χ0v) is 10.2. The lowest BCUT2D eigenvalue weighted by Gasteiger charge is -2.03. The van der Waals surface area contributed by atoms with Crippen LogP contribution in [0.4, 0.5) is 0 Å². The van der Waals surface area contributed by atoms with Crippen molar-refractivity contribution in [3.63, 3.8) is 0 Å². The Labute approximate surface area is 110 Å². The van der Waals surface area contributed by atoms with Gasteiger partial charge in [0.05, 0.1) is 11.9 Å². The molecule has 3 rings (SSSR count). The van der Waals surface area contributed by atoms with Gasteiger partial charge in [-0.25, -0.2) is 0 Å². The molecule has 0 saturated carbocycles. The molecule has 0 fully saturated rings. The minimum absolute atomic E-state index is 0.675. The van der Waals surface area contributed by atoms with E-state index in [1.54, 1.807) is 6.20 Å². The third kappa shape index (κ3) is 2.18. The van der Waals surface area contributed by atoms with Gasteiger partial charge in [-0.3, -0.25) is 9.89 Å². The van der Waals surface area contributed by atoms with Gasteiger partial charge in [-0.05, 0) is 5.56 Å². The maximum atomic E-state index is 10.7. The van der Waals surface area contributed by atoms with Crippen LogP contribution in [0.25, 0.3) is 22.4 Å². The van der Waals surface area contributed by atoms with Crippen molar-refractivity contribution in [2.75, 3.05) is 0 Å². The summed E-state index contributed by atoms with van der Waals surface area (Å²) in [4.78, 5) is 10.7. The fourth-order valence-electron chi connectivity index (χ4n) is 2.07. The monoisotopic (exact) mass is 248 g/mol. The van der Waals surface area contributed by atoms with Gasteiger partial charge in [0.15, 0.2) is 0 Å². The van der Waals surface area contributed by atoms with Crippen LogP contribution in [-0.2, 0) is 0 Å². The lowest BCUT2D eigenvalue weighted by molar-refractivity contribution is 0.112. The SMILES string of the molecule is O=Cc1ccc(-c2cn[nH]c2-c2ccccc2)cc1. The molecule has 0 unspecified atom stereocenters. The van der Waals surface area contributed by atoms with Crippen molar-refractivity contribution in [1.29, 1.82) is 0 Å². The van der Waals surface area contributed by atoms with E-state index in [4.69, 9.17) is 0 Å². The van der Waals surface area contributed by atoms with Gasteiger partial charge in [0, 0.05) is 16.7 Å². The minimum Gasteiger partial charge on any atom is -0.298 e. The molecule has 0 aliphatic heterocycles. The van der Waals surface area contributed by atoms with Crippen molar-refractivity contribution in [2.45, 2.75) is 0 Å². The van der Waals surface area contributed by atoms with Crippen LogP contribution in [0.15, 0.2) is 60.8 Å². The maximum absolute atomic E-state index is 10.7. The van der Waals surface area contributed by atoms with Crippen LogP contribution in [0.2, 0.25) is 0 Å². The van der Waals surface area contributed by atoms with E-state index in [2.05, 4.69) is 10.2 Å². The predicted octanol–water partition coefficient (Wildman–Crippen LogP) is 3.56. The number of rotatable bonds is 3. The summed E-state index contributed by atoms with van der Waals surface area (Å²) >= 11 is 0. The van der Waals surface area contributed by atoms with Crippen LogP contribution in [-0.4, -0.2) is 16.5 Å². The topological polar surface area (TPSA) is 45.8 Å².